The molecule has 0 amide bonds. The Labute approximate surface area is 94.2 Å². The number of hydrogen-bond acceptors (Lipinski definition) is 3. The number of nitrogens with two attached hydrogens (primary N) is 1. The van der Waals surface area contributed by atoms with Gasteiger partial charge in [0.15, 0.2) is 0 Å². The number of carbonyl (C=O) groups is 1. The predicted octanol–water partition coefficient (Wildman–Crippen LogP) is 0.362. The van der Waals surface area contributed by atoms with Gasteiger partial charge in [0.25, 0.3) is 0 Å². The van der Waals surface area contributed by atoms with E-state index in [9.17, 15) is 4.79 Å². The Bertz CT molecular complexity index is 265. The van der Waals surface area contributed by atoms with Crippen LogP contribution in [-0.4, -0.2) is 16.1 Å². The van der Waals surface area contributed by atoms with Crippen LogP contribution in [0.2, 0.25) is 0 Å². The minimum Gasteiger partial charge on any atom is -0.477 e. The molecule has 4 nitrogen and oxygen atoms in total. The molecule has 3 N–H and O–H groups in total. The summed E-state index contributed by atoms with van der Waals surface area (Å²) in [6.07, 6.45) is 1.36. The smallest absolute Gasteiger partial charge is 0.354 e. The van der Waals surface area contributed by atoms with Gasteiger partial charge in [0.2, 0.25) is 0 Å². The first-order chi connectivity index (χ1) is 4.70. The van der Waals surface area contributed by atoms with Gasteiger partial charge in [0.1, 0.15) is 5.69 Å². The summed E-state index contributed by atoms with van der Waals surface area (Å²) in [7, 11) is 0. The average molecular weight is 297 g/mol. The summed E-state index contributed by atoms with van der Waals surface area (Å²) in [5.41, 5.74) is 5.67. The van der Waals surface area contributed by atoms with Crippen molar-refractivity contribution in [2.45, 2.75) is 0 Å². The van der Waals surface area contributed by atoms with Crippen LogP contribution in [0.5, 0.6) is 0 Å². The SMILES string of the molecule is Nc1ccnc(C(=O)O)c1.[Tb]. The van der Waals surface area contributed by atoms with Crippen LogP contribution < -0.4 is 5.73 Å². The number of aromatic nitrogens is 1. The molecule has 1 heterocycles. The number of carboxylic acids is 1. The van der Waals surface area contributed by atoms with E-state index in [4.69, 9.17) is 10.8 Å². The quantitative estimate of drug-likeness (QED) is 0.785. The Morgan fingerprint density at radius 1 is 1.64 bits per heavy atom. The molecule has 1 radical (unpaired) electrons. The number of anilines is 1. The molecule has 0 bridgehead atoms. The Balaban J connectivity index is 0.000001000. The molecule has 0 aliphatic carbocycles. The van der Waals surface area contributed by atoms with Crippen molar-refractivity contribution in [3.63, 3.8) is 0 Å². The van der Waals surface area contributed by atoms with Crippen molar-refractivity contribution in [1.82, 2.24) is 4.98 Å². The number of nitrogens with zero attached hydrogens (tertiary/aromatic N) is 1. The Morgan fingerprint density at radius 3 is 2.64 bits per heavy atom. The van der Waals surface area contributed by atoms with E-state index in [1.54, 1.807) is 0 Å². The van der Waals surface area contributed by atoms with E-state index < -0.39 is 5.97 Å². The van der Waals surface area contributed by atoms with E-state index in [2.05, 4.69) is 4.98 Å². The summed E-state index contributed by atoms with van der Waals surface area (Å²) < 4.78 is 0. The number of aromatic carboxylic acids is 1. The summed E-state index contributed by atoms with van der Waals surface area (Å²) >= 11 is 0. The monoisotopic (exact) mass is 297 g/mol. The van der Waals surface area contributed by atoms with Crippen molar-refractivity contribution >= 4 is 11.7 Å². The molecule has 0 aliphatic rings. The van der Waals surface area contributed by atoms with E-state index in [-0.39, 0.29) is 44.3 Å². The van der Waals surface area contributed by atoms with E-state index >= 15 is 0 Å². The predicted molar refractivity (Wildman–Crippen MR) is 35.6 cm³/mol. The molecule has 0 saturated heterocycles. The molecule has 5 heteroatoms. The summed E-state index contributed by atoms with van der Waals surface area (Å²) in [6.45, 7) is 0. The maximum atomic E-state index is 10.2. The van der Waals surface area contributed by atoms with Crippen molar-refractivity contribution in [3.8, 4) is 0 Å². The van der Waals surface area contributed by atoms with Gasteiger partial charge in [-0.15, -0.1) is 0 Å². The van der Waals surface area contributed by atoms with Crippen molar-refractivity contribution in [2.24, 2.45) is 0 Å². The molecule has 1 aromatic rings. The van der Waals surface area contributed by atoms with Gasteiger partial charge in [-0.3, -0.25) is 0 Å². The van der Waals surface area contributed by atoms with E-state index in [1.807, 2.05) is 0 Å². The summed E-state index contributed by atoms with van der Waals surface area (Å²) in [5, 5.41) is 8.39. The van der Waals surface area contributed by atoms with Gasteiger partial charge >= 0.3 is 5.97 Å². The molecule has 1 aromatic heterocycles. The number of nitrogen functional groups attached to an aromatic ring is 1. The summed E-state index contributed by atoms with van der Waals surface area (Å²) in [4.78, 5) is 13.8. The number of carboxylic acid groups (broad SMARTS) is 1. The molecule has 0 saturated carbocycles. The van der Waals surface area contributed by atoms with Crippen molar-refractivity contribution in [1.29, 1.82) is 0 Å². The maximum Gasteiger partial charge on any atom is 0.354 e. The zero-order valence-corrected chi connectivity index (χ0v) is 7.58. The van der Waals surface area contributed by atoms with Crippen LogP contribution in [0.15, 0.2) is 18.3 Å². The first kappa shape index (κ1) is 10.7. The molecular formula is C6H6N2O2Tb. The molecule has 0 atom stereocenters. The summed E-state index contributed by atoms with van der Waals surface area (Å²) in [5.74, 6) is -1.06. The van der Waals surface area contributed by atoms with Gasteiger partial charge in [-0.2, -0.15) is 0 Å². The minimum absolute atomic E-state index is 0. The number of hydrogen-bond donors (Lipinski definition) is 2. The van der Waals surface area contributed by atoms with E-state index in [0.717, 1.165) is 0 Å². The van der Waals surface area contributed by atoms with Crippen LogP contribution in [-0.2, 0) is 0 Å². The third-order valence-electron chi connectivity index (χ3n) is 1.00. The zero-order valence-electron chi connectivity index (χ0n) is 5.45. The van der Waals surface area contributed by atoms with Crippen LogP contribution in [0.25, 0.3) is 0 Å². The molecular weight excluding hydrogens is 291 g/mol. The largest absolute Gasteiger partial charge is 0.477 e. The Morgan fingerprint density at radius 2 is 2.27 bits per heavy atom. The van der Waals surface area contributed by atoms with Crippen LogP contribution in [0.1, 0.15) is 10.5 Å². The van der Waals surface area contributed by atoms with Crippen molar-refractivity contribution < 1.29 is 48.5 Å². The molecule has 0 unspecified atom stereocenters. The molecule has 0 aromatic carbocycles. The van der Waals surface area contributed by atoms with Gasteiger partial charge in [0.05, 0.1) is 0 Å². The third-order valence-corrected chi connectivity index (χ3v) is 1.00. The fourth-order valence-corrected chi connectivity index (χ4v) is 0.564. The van der Waals surface area contributed by atoms with E-state index in [1.165, 1.54) is 18.3 Å². The molecule has 61 valence electrons. The second kappa shape index (κ2) is 4.56. The Hall–Kier alpha value is -0.294. The molecule has 0 aliphatic heterocycles. The number of pyridine rings is 1. The standard InChI is InChI=1S/C6H6N2O2.Tb/c7-4-1-2-8-5(3-4)6(9)10;/h1-3H,(H2,7,8)(H,9,10);. The molecule has 1 rings (SSSR count). The molecule has 11 heavy (non-hydrogen) atoms. The first-order valence-corrected chi connectivity index (χ1v) is 2.65. The minimum atomic E-state index is -1.06. The van der Waals surface area contributed by atoms with Crippen LogP contribution >= 0.6 is 0 Å². The normalized spacial score (nSPS) is 8.36. The summed E-state index contributed by atoms with van der Waals surface area (Å²) in [6, 6.07) is 2.84. The van der Waals surface area contributed by atoms with Gasteiger partial charge in [0, 0.05) is 50.5 Å². The van der Waals surface area contributed by atoms with Crippen LogP contribution in [0, 0.1) is 38.6 Å². The van der Waals surface area contributed by atoms with Gasteiger partial charge in [-0.05, 0) is 12.1 Å². The Kier molecular flexibility index (Phi) is 4.43. The van der Waals surface area contributed by atoms with Crippen LogP contribution in [0.3, 0.4) is 0 Å². The zero-order chi connectivity index (χ0) is 7.56. The third kappa shape index (κ3) is 3.07. The second-order valence-corrected chi connectivity index (χ2v) is 1.78. The fourth-order valence-electron chi connectivity index (χ4n) is 0.564. The van der Waals surface area contributed by atoms with E-state index in [0.29, 0.717) is 5.69 Å². The number of rotatable bonds is 1. The second-order valence-electron chi connectivity index (χ2n) is 1.78. The van der Waals surface area contributed by atoms with Gasteiger partial charge in [-0.25, -0.2) is 9.78 Å². The van der Waals surface area contributed by atoms with Crippen molar-refractivity contribution in [2.75, 3.05) is 5.73 Å². The fraction of sp³-hybridized carbons (Fsp3) is 0. The first-order valence-electron chi connectivity index (χ1n) is 2.65. The van der Waals surface area contributed by atoms with Crippen molar-refractivity contribution in [3.05, 3.63) is 24.0 Å². The maximum absolute atomic E-state index is 10.2. The average Bonchev–Trinajstić information content (AvgIpc) is 1.88. The molecule has 0 spiro atoms. The molecule has 0 fully saturated rings. The van der Waals surface area contributed by atoms with Gasteiger partial charge < -0.3 is 10.8 Å². The topological polar surface area (TPSA) is 76.2 Å². The van der Waals surface area contributed by atoms with Gasteiger partial charge in [-0.1, -0.05) is 0 Å². The van der Waals surface area contributed by atoms with Crippen LogP contribution in [0.4, 0.5) is 5.69 Å².